The van der Waals surface area contributed by atoms with Crippen LogP contribution in [0.1, 0.15) is 49.7 Å². The van der Waals surface area contributed by atoms with Crippen LogP contribution in [-0.2, 0) is 11.3 Å². The summed E-state index contributed by atoms with van der Waals surface area (Å²) in [6, 6.07) is 14.2. The second-order valence-corrected chi connectivity index (χ2v) is 8.81. The van der Waals surface area contributed by atoms with E-state index in [1.807, 2.05) is 6.92 Å². The van der Waals surface area contributed by atoms with E-state index in [0.717, 1.165) is 31.2 Å². The Kier molecular flexibility index (Phi) is 7.78. The minimum absolute atomic E-state index is 0.0609. The topological polar surface area (TPSA) is 38.7 Å². The molecule has 0 amide bonds. The zero-order valence-corrected chi connectivity index (χ0v) is 19.2. The lowest BCUT2D eigenvalue weighted by atomic mass is 9.78. The normalized spacial score (nSPS) is 18.1. The zero-order chi connectivity index (χ0) is 24.1. The molecule has 1 saturated carbocycles. The fourth-order valence-electron chi connectivity index (χ4n) is 4.56. The lowest BCUT2D eigenvalue weighted by Gasteiger charge is -2.29. The van der Waals surface area contributed by atoms with Gasteiger partial charge in [0.15, 0.2) is 23.2 Å². The van der Waals surface area contributed by atoms with Gasteiger partial charge in [-0.3, -0.25) is 0 Å². The Morgan fingerprint density at radius 3 is 2.29 bits per heavy atom. The molecule has 1 N–H and O–H groups in total. The van der Waals surface area contributed by atoms with Crippen molar-refractivity contribution in [2.45, 2.75) is 45.1 Å². The Hall–Kier alpha value is -2.99. The molecule has 4 rings (SSSR count). The molecule has 0 unspecified atom stereocenters. The lowest BCUT2D eigenvalue weighted by Crippen LogP contribution is -2.20. The first-order chi connectivity index (χ1) is 16.5. The van der Waals surface area contributed by atoms with E-state index in [4.69, 9.17) is 9.47 Å². The first-order valence-electron chi connectivity index (χ1n) is 11.7. The van der Waals surface area contributed by atoms with Crippen molar-refractivity contribution >= 4 is 0 Å². The van der Waals surface area contributed by atoms with Crippen molar-refractivity contribution in [3.05, 3.63) is 83.2 Å². The Balaban J connectivity index is 1.34. The van der Waals surface area contributed by atoms with Gasteiger partial charge in [0, 0.05) is 12.2 Å². The third-order valence-electron chi connectivity index (χ3n) is 6.52. The van der Waals surface area contributed by atoms with E-state index in [9.17, 15) is 18.3 Å². The molecule has 0 aliphatic heterocycles. The molecule has 0 radical (unpaired) electrons. The fourth-order valence-corrected chi connectivity index (χ4v) is 4.56. The highest BCUT2D eigenvalue weighted by Crippen LogP contribution is 2.39. The second-order valence-electron chi connectivity index (χ2n) is 8.81. The Morgan fingerprint density at radius 1 is 0.882 bits per heavy atom. The van der Waals surface area contributed by atoms with Gasteiger partial charge in [0.05, 0.1) is 13.2 Å². The largest absolute Gasteiger partial charge is 0.508 e. The highest BCUT2D eigenvalue weighted by atomic mass is 19.2. The summed E-state index contributed by atoms with van der Waals surface area (Å²) < 4.78 is 55.1. The van der Waals surface area contributed by atoms with Crippen LogP contribution in [-0.4, -0.2) is 18.3 Å². The van der Waals surface area contributed by atoms with Crippen molar-refractivity contribution in [1.82, 2.24) is 0 Å². The summed E-state index contributed by atoms with van der Waals surface area (Å²) in [6.45, 7) is 3.22. The highest BCUT2D eigenvalue weighted by molar-refractivity contribution is 5.65. The molecule has 0 spiro atoms. The predicted octanol–water partition coefficient (Wildman–Crippen LogP) is 7.37. The summed E-state index contributed by atoms with van der Waals surface area (Å²) in [4.78, 5) is 0. The number of aromatic hydroxyl groups is 1. The number of ether oxygens (including phenoxy) is 2. The molecule has 0 heterocycles. The Morgan fingerprint density at radius 2 is 1.62 bits per heavy atom. The van der Waals surface area contributed by atoms with Crippen molar-refractivity contribution in [1.29, 1.82) is 0 Å². The van der Waals surface area contributed by atoms with Gasteiger partial charge >= 0.3 is 0 Å². The van der Waals surface area contributed by atoms with Crippen LogP contribution in [0.25, 0.3) is 11.1 Å². The summed E-state index contributed by atoms with van der Waals surface area (Å²) in [5, 5.41) is 9.42. The number of benzene rings is 3. The number of phenolic OH excluding ortho intramolecular Hbond substituents is 1. The Bertz CT molecular complexity index is 1110. The number of hydrogen-bond acceptors (Lipinski definition) is 3. The van der Waals surface area contributed by atoms with Gasteiger partial charge in [-0.05, 0) is 85.4 Å². The maximum absolute atomic E-state index is 14.9. The summed E-state index contributed by atoms with van der Waals surface area (Å²) in [7, 11) is 0. The van der Waals surface area contributed by atoms with Crippen LogP contribution >= 0.6 is 0 Å². The van der Waals surface area contributed by atoms with Crippen molar-refractivity contribution in [3.8, 4) is 22.6 Å². The van der Waals surface area contributed by atoms with E-state index in [1.165, 1.54) is 18.2 Å². The fraction of sp³-hybridized carbons (Fsp3) is 0.357. The van der Waals surface area contributed by atoms with Crippen LogP contribution in [0.2, 0.25) is 0 Å². The molecule has 6 heteroatoms. The molecule has 3 aromatic rings. The second kappa shape index (κ2) is 11.0. The minimum Gasteiger partial charge on any atom is -0.508 e. The number of hydrogen-bond donors (Lipinski definition) is 1. The monoisotopic (exact) mass is 470 g/mol. The molecule has 1 aliphatic rings. The zero-order valence-electron chi connectivity index (χ0n) is 19.2. The molecule has 3 aromatic carbocycles. The number of phenols is 1. The van der Waals surface area contributed by atoms with Crippen LogP contribution in [0.15, 0.2) is 54.6 Å². The number of halogens is 3. The molecule has 1 fully saturated rings. The van der Waals surface area contributed by atoms with Gasteiger partial charge in [0.1, 0.15) is 5.75 Å². The SMILES string of the molecule is CCOCc1ccc(OCC2CCC(c3ccc(-c4ccc(O)cc4)c(F)c3F)CC2)c(F)c1. The van der Waals surface area contributed by atoms with Gasteiger partial charge in [0.25, 0.3) is 0 Å². The molecule has 0 saturated heterocycles. The van der Waals surface area contributed by atoms with Crippen LogP contribution < -0.4 is 4.74 Å². The third kappa shape index (κ3) is 5.55. The Labute approximate surface area is 198 Å². The van der Waals surface area contributed by atoms with E-state index >= 15 is 0 Å². The van der Waals surface area contributed by atoms with Gasteiger partial charge < -0.3 is 14.6 Å². The van der Waals surface area contributed by atoms with Crippen LogP contribution in [0.3, 0.4) is 0 Å². The molecular formula is C28H29F3O3. The molecule has 34 heavy (non-hydrogen) atoms. The van der Waals surface area contributed by atoms with E-state index in [1.54, 1.807) is 36.4 Å². The van der Waals surface area contributed by atoms with E-state index in [2.05, 4.69) is 0 Å². The quantitative estimate of drug-likeness (QED) is 0.374. The summed E-state index contributed by atoms with van der Waals surface area (Å²) in [5.41, 5.74) is 1.85. The average molecular weight is 471 g/mol. The first kappa shape index (κ1) is 24.1. The van der Waals surface area contributed by atoms with Gasteiger partial charge in [0.2, 0.25) is 0 Å². The van der Waals surface area contributed by atoms with Gasteiger partial charge in [-0.15, -0.1) is 0 Å². The smallest absolute Gasteiger partial charge is 0.166 e. The van der Waals surface area contributed by atoms with E-state index in [-0.39, 0.29) is 28.9 Å². The lowest BCUT2D eigenvalue weighted by molar-refractivity contribution is 0.133. The first-order valence-corrected chi connectivity index (χ1v) is 11.7. The minimum atomic E-state index is -0.864. The van der Waals surface area contributed by atoms with Crippen molar-refractivity contribution in [2.24, 2.45) is 5.92 Å². The maximum atomic E-state index is 14.9. The molecule has 3 nitrogen and oxygen atoms in total. The average Bonchev–Trinajstić information content (AvgIpc) is 2.85. The van der Waals surface area contributed by atoms with E-state index < -0.39 is 17.5 Å². The standard InChI is InChI=1S/C28H29F3O3/c1-2-33-16-19-5-14-26(25(29)15-19)34-17-18-3-6-20(7-4-18)23-12-13-24(28(31)27(23)30)21-8-10-22(32)11-9-21/h5,8-15,18,20,32H,2-4,6-7,16-17H2,1H3. The van der Waals surface area contributed by atoms with Crippen molar-refractivity contribution in [3.63, 3.8) is 0 Å². The van der Waals surface area contributed by atoms with Gasteiger partial charge in [-0.2, -0.15) is 0 Å². The van der Waals surface area contributed by atoms with E-state index in [0.29, 0.717) is 30.9 Å². The summed E-state index contributed by atoms with van der Waals surface area (Å²) in [5.74, 6) is -1.60. The van der Waals surface area contributed by atoms with Crippen LogP contribution in [0.5, 0.6) is 11.5 Å². The van der Waals surface area contributed by atoms with Gasteiger partial charge in [-0.1, -0.05) is 30.3 Å². The highest BCUT2D eigenvalue weighted by Gasteiger charge is 2.27. The van der Waals surface area contributed by atoms with Gasteiger partial charge in [-0.25, -0.2) is 13.2 Å². The summed E-state index contributed by atoms with van der Waals surface area (Å²) >= 11 is 0. The van der Waals surface area contributed by atoms with Crippen LogP contribution in [0.4, 0.5) is 13.2 Å². The maximum Gasteiger partial charge on any atom is 0.166 e. The molecule has 0 aromatic heterocycles. The molecular weight excluding hydrogens is 441 g/mol. The van der Waals surface area contributed by atoms with Crippen molar-refractivity contribution in [2.75, 3.05) is 13.2 Å². The molecule has 1 aliphatic carbocycles. The molecule has 180 valence electrons. The summed E-state index contributed by atoms with van der Waals surface area (Å²) in [6.07, 6.45) is 3.04. The molecule has 0 atom stereocenters. The predicted molar refractivity (Wildman–Crippen MR) is 125 cm³/mol. The van der Waals surface area contributed by atoms with Crippen molar-refractivity contribution < 1.29 is 27.8 Å². The number of rotatable bonds is 8. The third-order valence-corrected chi connectivity index (χ3v) is 6.52. The molecule has 0 bridgehead atoms. The van der Waals surface area contributed by atoms with Crippen LogP contribution in [0, 0.1) is 23.4 Å².